The molecule has 1 aromatic carbocycles. The molecule has 0 radical (unpaired) electrons. The van der Waals surface area contributed by atoms with Gasteiger partial charge in [-0.3, -0.25) is 4.79 Å². The van der Waals surface area contributed by atoms with Crippen LogP contribution in [-0.4, -0.2) is 44.8 Å². The molecule has 26 heavy (non-hydrogen) atoms. The fourth-order valence-corrected chi connectivity index (χ4v) is 5.27. The van der Waals surface area contributed by atoms with Crippen LogP contribution < -0.4 is 10.6 Å². The van der Waals surface area contributed by atoms with E-state index in [-0.39, 0.29) is 24.2 Å². The van der Waals surface area contributed by atoms with Crippen molar-refractivity contribution in [2.75, 3.05) is 31.5 Å². The zero-order chi connectivity index (χ0) is 17.9. The lowest BCUT2D eigenvalue weighted by Gasteiger charge is -2.21. The number of hydrogen-bond acceptors (Lipinski definition) is 4. The maximum Gasteiger partial charge on any atom is 0.243 e. The van der Waals surface area contributed by atoms with Crippen molar-refractivity contribution in [1.82, 2.24) is 9.62 Å². The number of nitrogens with one attached hydrogen (secondary N) is 2. The molecule has 1 unspecified atom stereocenters. The van der Waals surface area contributed by atoms with Crippen molar-refractivity contribution in [3.63, 3.8) is 0 Å². The molecule has 2 heterocycles. The van der Waals surface area contributed by atoms with Crippen molar-refractivity contribution in [2.45, 2.75) is 43.9 Å². The maximum atomic E-state index is 13.1. The Kier molecular flexibility index (Phi) is 7.46. The fourth-order valence-electron chi connectivity index (χ4n) is 3.50. The first-order valence-electron chi connectivity index (χ1n) is 9.11. The smallest absolute Gasteiger partial charge is 0.243 e. The number of aryl methyl sites for hydroxylation is 1. The minimum Gasteiger partial charge on any atom is -0.326 e. The normalized spacial score (nSPS) is 21.7. The van der Waals surface area contributed by atoms with Gasteiger partial charge in [0.2, 0.25) is 15.9 Å². The van der Waals surface area contributed by atoms with Gasteiger partial charge in [-0.25, -0.2) is 8.42 Å². The predicted octanol–water partition coefficient (Wildman–Crippen LogP) is 2.53. The van der Waals surface area contributed by atoms with E-state index in [0.29, 0.717) is 35.8 Å². The first kappa shape index (κ1) is 21.2. The average Bonchev–Trinajstić information content (AvgIpc) is 2.98. The standard InChI is InChI=1S/C18H27N3O3S.ClH/c1-14-6-7-16(20-18(22)15-8-9-19-13-15)12-17(14)25(23,24)21-10-4-2-3-5-11-21;/h6-7,12,15,19H,2-5,8-11,13H2,1H3,(H,20,22);1H. The molecule has 2 fully saturated rings. The van der Waals surface area contributed by atoms with Gasteiger partial charge >= 0.3 is 0 Å². The van der Waals surface area contributed by atoms with E-state index in [9.17, 15) is 13.2 Å². The highest BCUT2D eigenvalue weighted by atomic mass is 35.5. The van der Waals surface area contributed by atoms with Gasteiger partial charge in [-0.15, -0.1) is 12.4 Å². The van der Waals surface area contributed by atoms with Crippen LogP contribution in [0.1, 0.15) is 37.7 Å². The number of amides is 1. The highest BCUT2D eigenvalue weighted by Gasteiger charge is 2.28. The lowest BCUT2D eigenvalue weighted by molar-refractivity contribution is -0.119. The summed E-state index contributed by atoms with van der Waals surface area (Å²) in [5.74, 6) is -0.0982. The molecule has 0 saturated carbocycles. The van der Waals surface area contributed by atoms with Crippen LogP contribution >= 0.6 is 12.4 Å². The molecule has 2 aliphatic rings. The monoisotopic (exact) mass is 401 g/mol. The van der Waals surface area contributed by atoms with E-state index in [0.717, 1.165) is 38.6 Å². The number of benzene rings is 1. The Balaban J connectivity index is 0.00000243. The summed E-state index contributed by atoms with van der Waals surface area (Å²) in [6, 6.07) is 5.15. The first-order chi connectivity index (χ1) is 12.0. The molecule has 2 aliphatic heterocycles. The summed E-state index contributed by atoms with van der Waals surface area (Å²) in [5.41, 5.74) is 1.26. The Labute approximate surface area is 162 Å². The van der Waals surface area contributed by atoms with E-state index in [2.05, 4.69) is 10.6 Å². The second kappa shape index (κ2) is 9.17. The van der Waals surface area contributed by atoms with Gasteiger partial charge in [0.05, 0.1) is 10.8 Å². The van der Waals surface area contributed by atoms with Crippen LogP contribution in [0.2, 0.25) is 0 Å². The van der Waals surface area contributed by atoms with Crippen LogP contribution in [0.4, 0.5) is 5.69 Å². The molecule has 3 rings (SSSR count). The summed E-state index contributed by atoms with van der Waals surface area (Å²) < 4.78 is 27.7. The van der Waals surface area contributed by atoms with Crippen molar-refractivity contribution >= 4 is 34.0 Å². The molecule has 1 amide bonds. The molecule has 0 aliphatic carbocycles. The zero-order valence-electron chi connectivity index (χ0n) is 15.2. The van der Waals surface area contributed by atoms with Gasteiger partial charge in [-0.1, -0.05) is 18.9 Å². The number of hydrogen-bond donors (Lipinski definition) is 2. The zero-order valence-corrected chi connectivity index (χ0v) is 16.8. The molecule has 1 aromatic rings. The van der Waals surface area contributed by atoms with Crippen LogP contribution in [0.15, 0.2) is 23.1 Å². The van der Waals surface area contributed by atoms with Gasteiger partial charge in [-0.2, -0.15) is 4.31 Å². The molecule has 146 valence electrons. The van der Waals surface area contributed by atoms with Gasteiger partial charge in [-0.05, 0) is 50.4 Å². The molecule has 0 bridgehead atoms. The van der Waals surface area contributed by atoms with E-state index >= 15 is 0 Å². The molecule has 2 saturated heterocycles. The number of sulfonamides is 1. The largest absolute Gasteiger partial charge is 0.326 e. The van der Waals surface area contributed by atoms with Gasteiger partial charge in [0.25, 0.3) is 0 Å². The van der Waals surface area contributed by atoms with E-state index in [1.54, 1.807) is 29.4 Å². The summed E-state index contributed by atoms with van der Waals surface area (Å²) in [7, 11) is -3.52. The Morgan fingerprint density at radius 2 is 1.88 bits per heavy atom. The molecular weight excluding hydrogens is 374 g/mol. The SMILES string of the molecule is Cc1ccc(NC(=O)C2CCNC2)cc1S(=O)(=O)N1CCCCCC1.Cl. The van der Waals surface area contributed by atoms with Gasteiger partial charge in [0.1, 0.15) is 0 Å². The Morgan fingerprint density at radius 1 is 1.19 bits per heavy atom. The molecule has 6 nitrogen and oxygen atoms in total. The molecule has 0 spiro atoms. The van der Waals surface area contributed by atoms with E-state index < -0.39 is 10.0 Å². The third-order valence-electron chi connectivity index (χ3n) is 5.07. The fraction of sp³-hybridized carbons (Fsp3) is 0.611. The minimum absolute atomic E-state index is 0. The molecule has 8 heteroatoms. The molecule has 2 N–H and O–H groups in total. The summed E-state index contributed by atoms with van der Waals surface area (Å²) in [6.45, 7) is 4.48. The van der Waals surface area contributed by atoms with Gasteiger partial charge < -0.3 is 10.6 Å². The Bertz CT molecular complexity index is 725. The highest BCUT2D eigenvalue weighted by Crippen LogP contribution is 2.26. The number of halogens is 1. The second-order valence-electron chi connectivity index (χ2n) is 6.98. The predicted molar refractivity (Wildman–Crippen MR) is 105 cm³/mol. The van der Waals surface area contributed by atoms with Crippen LogP contribution in [0, 0.1) is 12.8 Å². The maximum absolute atomic E-state index is 13.1. The number of anilines is 1. The van der Waals surface area contributed by atoms with Gasteiger partial charge in [0.15, 0.2) is 0 Å². The average molecular weight is 402 g/mol. The summed E-state index contributed by atoms with van der Waals surface area (Å²) >= 11 is 0. The number of carbonyl (C=O) groups is 1. The highest BCUT2D eigenvalue weighted by molar-refractivity contribution is 7.89. The van der Waals surface area contributed by atoms with E-state index in [1.165, 1.54) is 0 Å². The lowest BCUT2D eigenvalue weighted by atomic mass is 10.1. The van der Waals surface area contributed by atoms with Crippen LogP contribution in [0.3, 0.4) is 0 Å². The molecule has 0 aromatic heterocycles. The summed E-state index contributed by atoms with van der Waals surface area (Å²) in [5, 5.41) is 6.05. The minimum atomic E-state index is -3.52. The topological polar surface area (TPSA) is 78.5 Å². The Hall–Kier alpha value is -1.15. The number of rotatable bonds is 4. The molecular formula is C18H28ClN3O3S. The third-order valence-corrected chi connectivity index (χ3v) is 7.11. The van der Waals surface area contributed by atoms with Crippen LogP contribution in [-0.2, 0) is 14.8 Å². The quantitative estimate of drug-likeness (QED) is 0.812. The number of nitrogens with zero attached hydrogens (tertiary/aromatic N) is 1. The van der Waals surface area contributed by atoms with Crippen molar-refractivity contribution in [3.05, 3.63) is 23.8 Å². The van der Waals surface area contributed by atoms with Crippen molar-refractivity contribution < 1.29 is 13.2 Å². The third kappa shape index (κ3) is 4.76. The lowest BCUT2D eigenvalue weighted by Crippen LogP contribution is -2.32. The second-order valence-corrected chi connectivity index (χ2v) is 8.88. The number of carbonyl (C=O) groups excluding carboxylic acids is 1. The van der Waals surface area contributed by atoms with Crippen molar-refractivity contribution in [3.8, 4) is 0 Å². The summed E-state index contributed by atoms with van der Waals surface area (Å²) in [4.78, 5) is 12.6. The first-order valence-corrected chi connectivity index (χ1v) is 10.5. The van der Waals surface area contributed by atoms with Crippen molar-refractivity contribution in [2.24, 2.45) is 5.92 Å². The van der Waals surface area contributed by atoms with Crippen LogP contribution in [0.5, 0.6) is 0 Å². The van der Waals surface area contributed by atoms with Gasteiger partial charge in [0, 0.05) is 25.3 Å². The van der Waals surface area contributed by atoms with Crippen molar-refractivity contribution in [1.29, 1.82) is 0 Å². The van der Waals surface area contributed by atoms with Crippen LogP contribution in [0.25, 0.3) is 0 Å². The Morgan fingerprint density at radius 3 is 2.50 bits per heavy atom. The molecule has 1 atom stereocenters. The van der Waals surface area contributed by atoms with E-state index in [1.807, 2.05) is 0 Å². The van der Waals surface area contributed by atoms with E-state index in [4.69, 9.17) is 0 Å². The summed E-state index contributed by atoms with van der Waals surface area (Å²) in [6.07, 6.45) is 4.79.